The molecule has 2 N–H and O–H groups in total. The molecule has 0 fully saturated rings. The number of aromatic nitrogens is 1. The van der Waals surface area contributed by atoms with Gasteiger partial charge in [0.2, 0.25) is 0 Å². The van der Waals surface area contributed by atoms with Crippen molar-refractivity contribution in [3.63, 3.8) is 0 Å². The molecule has 1 heterocycles. The van der Waals surface area contributed by atoms with E-state index in [-0.39, 0.29) is 18.1 Å². The molecule has 74 valence electrons. The van der Waals surface area contributed by atoms with Crippen molar-refractivity contribution < 1.29 is 8.78 Å². The van der Waals surface area contributed by atoms with E-state index in [0.29, 0.717) is 4.60 Å². The molecule has 6 heteroatoms. The molecule has 0 unspecified atom stereocenters. The Bertz CT molecular complexity index is 272. The highest BCUT2D eigenvalue weighted by molar-refractivity contribution is 9.10. The van der Waals surface area contributed by atoms with Crippen LogP contribution in [-0.2, 0) is 0 Å². The summed E-state index contributed by atoms with van der Waals surface area (Å²) in [5.74, 6) is 0. The lowest BCUT2D eigenvalue weighted by Crippen LogP contribution is -2.20. The quantitative estimate of drug-likeness (QED) is 0.841. The zero-order valence-electron chi connectivity index (χ0n) is 6.45. The largest absolute Gasteiger partial charge is 0.318 e. The molecule has 0 saturated heterocycles. The van der Waals surface area contributed by atoms with E-state index in [1.54, 1.807) is 12.1 Å². The molecule has 0 radical (unpaired) electrons. The van der Waals surface area contributed by atoms with Gasteiger partial charge in [0.15, 0.2) is 0 Å². The van der Waals surface area contributed by atoms with E-state index in [0.717, 1.165) is 0 Å². The Balaban J connectivity index is 0.00000144. The number of rotatable bonds is 2. The molecule has 0 spiro atoms. The minimum Gasteiger partial charge on any atom is -0.318 e. The molecule has 1 rings (SSSR count). The first-order valence-electron chi connectivity index (χ1n) is 3.27. The summed E-state index contributed by atoms with van der Waals surface area (Å²) in [6.07, 6.45) is -2.58. The first-order valence-corrected chi connectivity index (χ1v) is 4.06. The lowest BCUT2D eigenvalue weighted by Gasteiger charge is -2.08. The maximum Gasteiger partial charge on any atom is 0.259 e. The molecule has 0 aliphatic carbocycles. The molecule has 0 saturated carbocycles. The zero-order chi connectivity index (χ0) is 9.14. The fourth-order valence-electron chi connectivity index (χ4n) is 0.739. The van der Waals surface area contributed by atoms with Crippen molar-refractivity contribution in [2.24, 2.45) is 5.73 Å². The van der Waals surface area contributed by atoms with Gasteiger partial charge in [0.05, 0.1) is 5.69 Å². The van der Waals surface area contributed by atoms with Crippen molar-refractivity contribution in [3.8, 4) is 0 Å². The number of hydrogen-bond acceptors (Lipinski definition) is 2. The van der Waals surface area contributed by atoms with Gasteiger partial charge in [0.1, 0.15) is 10.6 Å². The SMILES string of the molecule is Cl.N[C@@H](c1cccc(Br)n1)C(F)F. The van der Waals surface area contributed by atoms with E-state index in [2.05, 4.69) is 20.9 Å². The lowest BCUT2D eigenvalue weighted by atomic mass is 10.2. The van der Waals surface area contributed by atoms with Gasteiger partial charge in [0, 0.05) is 0 Å². The number of halogens is 4. The van der Waals surface area contributed by atoms with Crippen molar-refractivity contribution in [3.05, 3.63) is 28.5 Å². The van der Waals surface area contributed by atoms with Crippen LogP contribution in [0, 0.1) is 0 Å². The van der Waals surface area contributed by atoms with Crippen molar-refractivity contribution in [2.75, 3.05) is 0 Å². The lowest BCUT2D eigenvalue weighted by molar-refractivity contribution is 0.114. The first kappa shape index (κ1) is 12.7. The van der Waals surface area contributed by atoms with E-state index in [1.807, 2.05) is 0 Å². The van der Waals surface area contributed by atoms with Crippen LogP contribution in [0.5, 0.6) is 0 Å². The average Bonchev–Trinajstić information content (AvgIpc) is 2.03. The van der Waals surface area contributed by atoms with E-state index in [1.165, 1.54) is 6.07 Å². The fraction of sp³-hybridized carbons (Fsp3) is 0.286. The van der Waals surface area contributed by atoms with Crippen LogP contribution >= 0.6 is 28.3 Å². The van der Waals surface area contributed by atoms with Gasteiger partial charge >= 0.3 is 0 Å². The van der Waals surface area contributed by atoms with Crippen LogP contribution in [0.2, 0.25) is 0 Å². The maximum atomic E-state index is 12.1. The smallest absolute Gasteiger partial charge is 0.259 e. The molecule has 0 aliphatic heterocycles. The minimum absolute atomic E-state index is 0. The second kappa shape index (κ2) is 5.47. The normalized spacial score (nSPS) is 12.4. The summed E-state index contributed by atoms with van der Waals surface area (Å²) in [5.41, 5.74) is 5.37. The molecule has 0 amide bonds. The highest BCUT2D eigenvalue weighted by Crippen LogP contribution is 2.17. The van der Waals surface area contributed by atoms with Crippen LogP contribution in [0.4, 0.5) is 8.78 Å². The number of pyridine rings is 1. The van der Waals surface area contributed by atoms with Gasteiger partial charge in [-0.05, 0) is 28.1 Å². The third kappa shape index (κ3) is 3.54. The molecule has 1 aromatic heterocycles. The molecule has 1 aromatic rings. The second-order valence-corrected chi connectivity index (χ2v) is 3.06. The summed E-state index contributed by atoms with van der Waals surface area (Å²) in [4.78, 5) is 3.81. The van der Waals surface area contributed by atoms with Crippen LogP contribution in [0.1, 0.15) is 11.7 Å². The summed E-state index contributed by atoms with van der Waals surface area (Å²) in [6.45, 7) is 0. The Kier molecular flexibility index (Phi) is 5.36. The van der Waals surface area contributed by atoms with Crippen LogP contribution in [0.3, 0.4) is 0 Å². The van der Waals surface area contributed by atoms with Crippen LogP contribution in [0.15, 0.2) is 22.8 Å². The maximum absolute atomic E-state index is 12.1. The zero-order valence-corrected chi connectivity index (χ0v) is 8.86. The Hall–Kier alpha value is -0.260. The summed E-state index contributed by atoms with van der Waals surface area (Å²) < 4.78 is 24.6. The van der Waals surface area contributed by atoms with E-state index in [4.69, 9.17) is 5.73 Å². The highest BCUT2D eigenvalue weighted by Gasteiger charge is 2.18. The third-order valence-corrected chi connectivity index (χ3v) is 1.79. The Morgan fingerprint density at radius 1 is 1.38 bits per heavy atom. The van der Waals surface area contributed by atoms with Gasteiger partial charge in [-0.25, -0.2) is 13.8 Å². The van der Waals surface area contributed by atoms with Crippen molar-refractivity contribution >= 4 is 28.3 Å². The van der Waals surface area contributed by atoms with Crippen LogP contribution in [-0.4, -0.2) is 11.4 Å². The number of nitrogens with zero attached hydrogens (tertiary/aromatic N) is 1. The molecule has 13 heavy (non-hydrogen) atoms. The second-order valence-electron chi connectivity index (χ2n) is 2.25. The van der Waals surface area contributed by atoms with E-state index >= 15 is 0 Å². The average molecular weight is 274 g/mol. The summed E-state index contributed by atoms with van der Waals surface area (Å²) in [5, 5.41) is 0. The van der Waals surface area contributed by atoms with Gasteiger partial charge in [0.25, 0.3) is 6.43 Å². The number of hydrogen-bond donors (Lipinski definition) is 1. The first-order chi connectivity index (χ1) is 5.61. The molecular formula is C7H8BrClF2N2. The molecule has 0 aliphatic rings. The number of alkyl halides is 2. The summed E-state index contributed by atoms with van der Waals surface area (Å²) in [7, 11) is 0. The topological polar surface area (TPSA) is 38.9 Å². The van der Waals surface area contributed by atoms with Gasteiger partial charge in [-0.15, -0.1) is 12.4 Å². The number of nitrogens with two attached hydrogens (primary N) is 1. The standard InChI is InChI=1S/C7H7BrF2N2.ClH/c8-5-3-1-2-4(12-5)6(11)7(9)10;/h1-3,6-7H,11H2;1H/t6-;/m0./s1. The summed E-state index contributed by atoms with van der Waals surface area (Å²) in [6, 6.07) is 3.44. The molecule has 0 aromatic carbocycles. The minimum atomic E-state index is -2.58. The van der Waals surface area contributed by atoms with Crippen molar-refractivity contribution in [2.45, 2.75) is 12.5 Å². The molecule has 1 atom stereocenters. The molecule has 0 bridgehead atoms. The van der Waals surface area contributed by atoms with Crippen molar-refractivity contribution in [1.82, 2.24) is 4.98 Å². The van der Waals surface area contributed by atoms with Crippen LogP contribution < -0.4 is 5.73 Å². The van der Waals surface area contributed by atoms with Gasteiger partial charge in [-0.3, -0.25) is 0 Å². The van der Waals surface area contributed by atoms with Gasteiger partial charge in [-0.1, -0.05) is 6.07 Å². The fourth-order valence-corrected chi connectivity index (χ4v) is 1.10. The van der Waals surface area contributed by atoms with E-state index < -0.39 is 12.5 Å². The van der Waals surface area contributed by atoms with Crippen molar-refractivity contribution in [1.29, 1.82) is 0 Å². The monoisotopic (exact) mass is 272 g/mol. The molecule has 2 nitrogen and oxygen atoms in total. The Morgan fingerprint density at radius 3 is 2.46 bits per heavy atom. The summed E-state index contributed by atoms with van der Waals surface area (Å²) >= 11 is 3.07. The Labute approximate surface area is 89.1 Å². The Morgan fingerprint density at radius 2 is 2.00 bits per heavy atom. The van der Waals surface area contributed by atoms with Gasteiger partial charge in [-0.2, -0.15) is 0 Å². The van der Waals surface area contributed by atoms with Crippen LogP contribution in [0.25, 0.3) is 0 Å². The van der Waals surface area contributed by atoms with Gasteiger partial charge < -0.3 is 5.73 Å². The molecular weight excluding hydrogens is 265 g/mol. The third-order valence-electron chi connectivity index (χ3n) is 1.35. The predicted octanol–water partition coefficient (Wildman–Crippen LogP) is 2.53. The van der Waals surface area contributed by atoms with E-state index in [9.17, 15) is 8.78 Å². The highest BCUT2D eigenvalue weighted by atomic mass is 79.9. The predicted molar refractivity (Wildman–Crippen MR) is 52.1 cm³/mol.